The summed E-state index contributed by atoms with van der Waals surface area (Å²) in [5, 5.41) is 10.3. The van der Waals surface area contributed by atoms with Crippen molar-refractivity contribution in [3.8, 4) is 0 Å². The van der Waals surface area contributed by atoms with E-state index in [0.29, 0.717) is 5.92 Å². The molecule has 2 rings (SSSR count). The Kier molecular flexibility index (Phi) is 2.31. The first-order valence-electron chi connectivity index (χ1n) is 5.08. The van der Waals surface area contributed by atoms with Crippen LogP contribution in [-0.4, -0.2) is 5.11 Å². The SMILES string of the molecule is C[C@@H]1CC[C@@](O)(c2cccc(F)c2)C1. The van der Waals surface area contributed by atoms with Crippen molar-refractivity contribution >= 4 is 0 Å². The van der Waals surface area contributed by atoms with Crippen molar-refractivity contribution in [2.75, 3.05) is 0 Å². The molecule has 14 heavy (non-hydrogen) atoms. The lowest BCUT2D eigenvalue weighted by molar-refractivity contribution is 0.0405. The van der Waals surface area contributed by atoms with Gasteiger partial charge in [0.05, 0.1) is 5.60 Å². The van der Waals surface area contributed by atoms with Gasteiger partial charge in [-0.25, -0.2) is 4.39 Å². The maximum atomic E-state index is 13.0. The van der Waals surface area contributed by atoms with E-state index in [1.807, 2.05) is 0 Å². The summed E-state index contributed by atoms with van der Waals surface area (Å²) in [4.78, 5) is 0. The van der Waals surface area contributed by atoms with Crippen molar-refractivity contribution in [2.24, 2.45) is 5.92 Å². The second kappa shape index (κ2) is 3.35. The highest BCUT2D eigenvalue weighted by Crippen LogP contribution is 2.41. The average molecular weight is 194 g/mol. The molecule has 1 aromatic carbocycles. The predicted octanol–water partition coefficient (Wildman–Crippen LogP) is 2.83. The van der Waals surface area contributed by atoms with E-state index in [-0.39, 0.29) is 5.82 Å². The number of halogens is 1. The van der Waals surface area contributed by atoms with Crippen LogP contribution >= 0.6 is 0 Å². The average Bonchev–Trinajstić information content (AvgIpc) is 2.48. The van der Waals surface area contributed by atoms with Crippen LogP contribution in [0.15, 0.2) is 24.3 Å². The second-order valence-corrected chi connectivity index (χ2v) is 4.39. The molecule has 1 nitrogen and oxygen atoms in total. The lowest BCUT2D eigenvalue weighted by atomic mass is 9.91. The van der Waals surface area contributed by atoms with Crippen molar-refractivity contribution in [1.82, 2.24) is 0 Å². The third-order valence-electron chi connectivity index (χ3n) is 3.10. The molecule has 0 saturated heterocycles. The van der Waals surface area contributed by atoms with Gasteiger partial charge in [-0.05, 0) is 42.9 Å². The first-order valence-corrected chi connectivity index (χ1v) is 5.08. The Balaban J connectivity index is 2.30. The zero-order valence-electron chi connectivity index (χ0n) is 8.33. The molecule has 1 N–H and O–H groups in total. The minimum absolute atomic E-state index is 0.268. The summed E-state index contributed by atoms with van der Waals surface area (Å²) in [6, 6.07) is 6.32. The van der Waals surface area contributed by atoms with Crippen LogP contribution in [0.2, 0.25) is 0 Å². The summed E-state index contributed by atoms with van der Waals surface area (Å²) in [5.74, 6) is 0.263. The molecule has 1 aromatic rings. The number of hydrogen-bond donors (Lipinski definition) is 1. The first-order chi connectivity index (χ1) is 6.60. The van der Waals surface area contributed by atoms with E-state index < -0.39 is 5.60 Å². The third kappa shape index (κ3) is 1.67. The quantitative estimate of drug-likeness (QED) is 0.728. The van der Waals surface area contributed by atoms with Gasteiger partial charge in [0.2, 0.25) is 0 Å². The van der Waals surface area contributed by atoms with Crippen LogP contribution in [0.1, 0.15) is 31.7 Å². The minimum Gasteiger partial charge on any atom is -0.385 e. The molecule has 2 heteroatoms. The summed E-state index contributed by atoms with van der Waals surface area (Å²) < 4.78 is 13.0. The fourth-order valence-electron chi connectivity index (χ4n) is 2.31. The van der Waals surface area contributed by atoms with Crippen LogP contribution in [-0.2, 0) is 5.60 Å². The van der Waals surface area contributed by atoms with Gasteiger partial charge in [-0.15, -0.1) is 0 Å². The molecule has 1 saturated carbocycles. The van der Waals surface area contributed by atoms with Gasteiger partial charge in [-0.1, -0.05) is 19.1 Å². The summed E-state index contributed by atoms with van der Waals surface area (Å²) in [6.45, 7) is 2.12. The molecule has 0 spiro atoms. The van der Waals surface area contributed by atoms with Gasteiger partial charge in [0, 0.05) is 0 Å². The Morgan fingerprint density at radius 1 is 1.50 bits per heavy atom. The Hall–Kier alpha value is -0.890. The van der Waals surface area contributed by atoms with Gasteiger partial charge in [-0.2, -0.15) is 0 Å². The Bertz CT molecular complexity index is 337. The molecule has 0 aliphatic heterocycles. The van der Waals surface area contributed by atoms with Crippen molar-refractivity contribution in [3.63, 3.8) is 0 Å². The van der Waals surface area contributed by atoms with Crippen LogP contribution in [0, 0.1) is 11.7 Å². The van der Waals surface area contributed by atoms with Crippen LogP contribution in [0.3, 0.4) is 0 Å². The van der Waals surface area contributed by atoms with Crippen LogP contribution in [0.4, 0.5) is 4.39 Å². The predicted molar refractivity (Wildman–Crippen MR) is 53.3 cm³/mol. The molecule has 1 aliphatic rings. The van der Waals surface area contributed by atoms with Crippen LogP contribution in [0.5, 0.6) is 0 Å². The van der Waals surface area contributed by atoms with Gasteiger partial charge in [0.15, 0.2) is 0 Å². The molecule has 1 fully saturated rings. The first kappa shape index (κ1) is 9.66. The van der Waals surface area contributed by atoms with E-state index in [1.165, 1.54) is 12.1 Å². The fourth-order valence-corrected chi connectivity index (χ4v) is 2.31. The third-order valence-corrected chi connectivity index (χ3v) is 3.10. The van der Waals surface area contributed by atoms with Crippen molar-refractivity contribution in [2.45, 2.75) is 31.8 Å². The molecule has 0 unspecified atom stereocenters. The van der Waals surface area contributed by atoms with E-state index in [1.54, 1.807) is 12.1 Å². The number of benzene rings is 1. The largest absolute Gasteiger partial charge is 0.385 e. The molecule has 1 aliphatic carbocycles. The summed E-state index contributed by atoms with van der Waals surface area (Å²) in [7, 11) is 0. The highest BCUT2D eigenvalue weighted by Gasteiger charge is 2.36. The summed E-state index contributed by atoms with van der Waals surface area (Å²) >= 11 is 0. The molecule has 2 atom stereocenters. The standard InChI is InChI=1S/C12H15FO/c1-9-5-6-12(14,8-9)10-3-2-4-11(13)7-10/h2-4,7,9,14H,5-6,8H2,1H3/t9-,12+/m1/s1. The van der Waals surface area contributed by atoms with E-state index in [4.69, 9.17) is 0 Å². The smallest absolute Gasteiger partial charge is 0.123 e. The number of aliphatic hydroxyl groups is 1. The van der Waals surface area contributed by atoms with Crippen molar-refractivity contribution < 1.29 is 9.50 Å². The van der Waals surface area contributed by atoms with Crippen molar-refractivity contribution in [3.05, 3.63) is 35.6 Å². The van der Waals surface area contributed by atoms with Gasteiger partial charge in [0.1, 0.15) is 5.82 Å². The Labute approximate surface area is 83.6 Å². The molecule has 0 amide bonds. The van der Waals surface area contributed by atoms with Gasteiger partial charge >= 0.3 is 0 Å². The molecule has 76 valence electrons. The monoisotopic (exact) mass is 194 g/mol. The molecule has 0 radical (unpaired) electrons. The molecule has 0 heterocycles. The van der Waals surface area contributed by atoms with E-state index in [9.17, 15) is 9.50 Å². The number of hydrogen-bond acceptors (Lipinski definition) is 1. The van der Waals surface area contributed by atoms with Crippen LogP contribution < -0.4 is 0 Å². The van der Waals surface area contributed by atoms with E-state index in [2.05, 4.69) is 6.92 Å². The van der Waals surface area contributed by atoms with Crippen molar-refractivity contribution in [1.29, 1.82) is 0 Å². The fraction of sp³-hybridized carbons (Fsp3) is 0.500. The highest BCUT2D eigenvalue weighted by atomic mass is 19.1. The molecular weight excluding hydrogens is 179 g/mol. The number of rotatable bonds is 1. The maximum Gasteiger partial charge on any atom is 0.123 e. The second-order valence-electron chi connectivity index (χ2n) is 4.39. The van der Waals surface area contributed by atoms with Gasteiger partial charge in [0.25, 0.3) is 0 Å². The molecule has 0 aromatic heterocycles. The zero-order chi connectivity index (χ0) is 10.2. The lowest BCUT2D eigenvalue weighted by Crippen LogP contribution is -2.21. The van der Waals surface area contributed by atoms with Crippen LogP contribution in [0.25, 0.3) is 0 Å². The van der Waals surface area contributed by atoms with E-state index >= 15 is 0 Å². The van der Waals surface area contributed by atoms with Gasteiger partial charge in [-0.3, -0.25) is 0 Å². The normalized spacial score (nSPS) is 32.1. The highest BCUT2D eigenvalue weighted by molar-refractivity contribution is 5.24. The Morgan fingerprint density at radius 3 is 2.86 bits per heavy atom. The summed E-state index contributed by atoms with van der Waals surface area (Å²) in [6.07, 6.45) is 2.51. The molecule has 0 bridgehead atoms. The molecular formula is C12H15FO. The Morgan fingerprint density at radius 2 is 2.29 bits per heavy atom. The lowest BCUT2D eigenvalue weighted by Gasteiger charge is -2.23. The van der Waals surface area contributed by atoms with E-state index in [0.717, 1.165) is 24.8 Å². The summed E-state index contributed by atoms with van der Waals surface area (Å²) in [5.41, 5.74) is -0.0662. The minimum atomic E-state index is -0.790. The topological polar surface area (TPSA) is 20.2 Å². The van der Waals surface area contributed by atoms with Gasteiger partial charge < -0.3 is 5.11 Å². The zero-order valence-corrected chi connectivity index (χ0v) is 8.33. The maximum absolute atomic E-state index is 13.0.